The molecule has 1 unspecified atom stereocenters. The first kappa shape index (κ1) is 26.4. The quantitative estimate of drug-likeness (QED) is 0.281. The Morgan fingerprint density at radius 2 is 1.82 bits per heavy atom. The molecule has 4 aromatic rings. The van der Waals surface area contributed by atoms with Crippen LogP contribution in [0.15, 0.2) is 54.9 Å². The van der Waals surface area contributed by atoms with E-state index in [0.29, 0.717) is 6.04 Å². The first-order valence-electron chi connectivity index (χ1n) is 15.0. The summed E-state index contributed by atoms with van der Waals surface area (Å²) in [4.78, 5) is 15.2. The van der Waals surface area contributed by atoms with E-state index in [0.717, 1.165) is 91.0 Å². The van der Waals surface area contributed by atoms with Crippen LogP contribution in [0.25, 0.3) is 21.8 Å². The van der Waals surface area contributed by atoms with Crippen LogP contribution in [-0.2, 0) is 19.5 Å². The molecule has 4 heterocycles. The molecule has 1 aliphatic heterocycles. The predicted octanol–water partition coefficient (Wildman–Crippen LogP) is 4.50. The summed E-state index contributed by atoms with van der Waals surface area (Å²) in [6, 6.07) is 15.8. The van der Waals surface area contributed by atoms with Crippen molar-refractivity contribution in [3.05, 3.63) is 71.8 Å². The van der Waals surface area contributed by atoms with Crippen LogP contribution in [0.5, 0.6) is 0 Å². The van der Waals surface area contributed by atoms with Gasteiger partial charge in [0.2, 0.25) is 0 Å². The summed E-state index contributed by atoms with van der Waals surface area (Å²) in [6.07, 6.45) is 10.7. The number of unbranched alkanes of at least 4 members (excludes halogenated alkanes) is 1. The van der Waals surface area contributed by atoms with E-state index in [1.54, 1.807) is 0 Å². The molecule has 1 fully saturated rings. The molecule has 0 spiro atoms. The number of nitrogens with one attached hydrogen (secondary N) is 1. The second-order valence-electron chi connectivity index (χ2n) is 11.2. The predicted molar refractivity (Wildman–Crippen MR) is 160 cm³/mol. The van der Waals surface area contributed by atoms with Crippen molar-refractivity contribution in [3.8, 4) is 0 Å². The number of rotatable bonds is 11. The molecule has 206 valence electrons. The van der Waals surface area contributed by atoms with E-state index >= 15 is 0 Å². The zero-order valence-corrected chi connectivity index (χ0v) is 23.2. The third-order valence-electron chi connectivity index (χ3n) is 8.68. The van der Waals surface area contributed by atoms with Gasteiger partial charge in [-0.15, -0.1) is 0 Å². The molecule has 2 aliphatic rings. The van der Waals surface area contributed by atoms with Crippen LogP contribution in [0.2, 0.25) is 0 Å². The lowest BCUT2D eigenvalue weighted by Gasteiger charge is -2.35. The first-order chi connectivity index (χ1) is 19.3. The van der Waals surface area contributed by atoms with E-state index in [1.807, 2.05) is 12.4 Å². The summed E-state index contributed by atoms with van der Waals surface area (Å²) in [5.74, 6) is 0. The molecule has 6 rings (SSSR count). The van der Waals surface area contributed by atoms with Gasteiger partial charge in [-0.25, -0.2) is 0 Å². The Balaban J connectivity index is 1.34. The Morgan fingerprint density at radius 3 is 2.72 bits per heavy atom. The van der Waals surface area contributed by atoms with E-state index in [4.69, 9.17) is 15.7 Å². The van der Waals surface area contributed by atoms with Gasteiger partial charge >= 0.3 is 0 Å². The van der Waals surface area contributed by atoms with Gasteiger partial charge in [-0.3, -0.25) is 14.9 Å². The number of pyridine rings is 2. The maximum atomic E-state index is 5.91. The average molecular weight is 526 g/mol. The molecule has 0 amide bonds. The molecule has 7 nitrogen and oxygen atoms in total. The Kier molecular flexibility index (Phi) is 8.50. The highest BCUT2D eigenvalue weighted by molar-refractivity contribution is 6.08. The number of nitrogens with two attached hydrogens (primary N) is 1. The fourth-order valence-electron chi connectivity index (χ4n) is 6.75. The van der Waals surface area contributed by atoms with Crippen molar-refractivity contribution in [3.63, 3.8) is 0 Å². The third kappa shape index (κ3) is 5.73. The summed E-state index contributed by atoms with van der Waals surface area (Å²) < 4.78 is 2.56. The monoisotopic (exact) mass is 525 g/mol. The average Bonchev–Trinajstić information content (AvgIpc) is 3.31. The Hall–Kier alpha value is -2.84. The second-order valence-corrected chi connectivity index (χ2v) is 11.2. The van der Waals surface area contributed by atoms with Crippen LogP contribution in [0.3, 0.4) is 0 Å². The molecule has 7 heteroatoms. The summed E-state index contributed by atoms with van der Waals surface area (Å²) >= 11 is 0. The highest BCUT2D eigenvalue weighted by atomic mass is 15.2. The Bertz CT molecular complexity index is 1370. The molecule has 3 aromatic heterocycles. The van der Waals surface area contributed by atoms with E-state index in [2.05, 4.69) is 62.1 Å². The zero-order valence-electron chi connectivity index (χ0n) is 23.2. The lowest BCUT2D eigenvalue weighted by Crippen LogP contribution is -2.43. The molecule has 1 atom stereocenters. The van der Waals surface area contributed by atoms with Crippen molar-refractivity contribution in [2.45, 2.75) is 57.7 Å². The van der Waals surface area contributed by atoms with Gasteiger partial charge in [0.25, 0.3) is 0 Å². The lowest BCUT2D eigenvalue weighted by atomic mass is 9.90. The van der Waals surface area contributed by atoms with E-state index < -0.39 is 0 Å². The molecule has 1 aliphatic carbocycles. The second kappa shape index (κ2) is 12.6. The maximum absolute atomic E-state index is 5.91. The minimum atomic E-state index is 0.329. The van der Waals surface area contributed by atoms with Crippen LogP contribution < -0.4 is 11.1 Å². The fourth-order valence-corrected chi connectivity index (χ4v) is 6.75. The largest absolute Gasteiger partial charge is 0.339 e. The molecular weight excluding hydrogens is 482 g/mol. The number of para-hydroxylation sites is 1. The summed E-state index contributed by atoms with van der Waals surface area (Å²) in [6.45, 7) is 9.22. The van der Waals surface area contributed by atoms with Crippen LogP contribution >= 0.6 is 0 Å². The number of benzene rings is 1. The number of fused-ring (bicyclic) bond motifs is 4. The number of hydrogen-bond donors (Lipinski definition) is 2. The van der Waals surface area contributed by atoms with Gasteiger partial charge in [0.1, 0.15) is 0 Å². The van der Waals surface area contributed by atoms with Gasteiger partial charge in [0.05, 0.1) is 22.9 Å². The smallest absolute Gasteiger partial charge is 0.0786 e. The molecule has 39 heavy (non-hydrogen) atoms. The summed E-state index contributed by atoms with van der Waals surface area (Å²) in [5, 5.41) is 6.13. The normalized spacial score (nSPS) is 18.3. The van der Waals surface area contributed by atoms with Crippen molar-refractivity contribution in [2.75, 3.05) is 45.8 Å². The standard InChI is InChI=1S/C32H43N7/c33-14-3-4-20-38(30-12-5-8-25-9-6-15-36-31(25)30)24-28-32-27(13-16-35-28)26-10-1-2-11-29(26)39(32)21-7-19-37-22-17-34-18-23-37/h1-2,6,9-11,13,15-16,30,34H,3-5,7-8,12,14,17-24,33H2. The van der Waals surface area contributed by atoms with Crippen molar-refractivity contribution in [2.24, 2.45) is 5.73 Å². The van der Waals surface area contributed by atoms with Gasteiger partial charge in [0.15, 0.2) is 0 Å². The van der Waals surface area contributed by atoms with Crippen molar-refractivity contribution < 1.29 is 0 Å². The Morgan fingerprint density at radius 1 is 0.923 bits per heavy atom. The molecule has 0 bridgehead atoms. The lowest BCUT2D eigenvalue weighted by molar-refractivity contribution is 0.161. The third-order valence-corrected chi connectivity index (χ3v) is 8.68. The molecular formula is C32H43N7. The SMILES string of the molecule is NCCCCN(Cc1nccc2c3ccccc3n(CCCN3CCNCC3)c12)C1CCCc2cccnc21. The topological polar surface area (TPSA) is 75.2 Å². The summed E-state index contributed by atoms with van der Waals surface area (Å²) in [5.41, 5.74) is 12.4. The van der Waals surface area contributed by atoms with Crippen molar-refractivity contribution >= 4 is 21.8 Å². The number of aryl methyl sites for hydroxylation is 2. The molecule has 3 N–H and O–H groups in total. The van der Waals surface area contributed by atoms with Crippen molar-refractivity contribution in [1.29, 1.82) is 0 Å². The highest BCUT2D eigenvalue weighted by Gasteiger charge is 2.28. The fraction of sp³-hybridized carbons (Fsp3) is 0.500. The van der Waals surface area contributed by atoms with Crippen LogP contribution in [0.4, 0.5) is 0 Å². The van der Waals surface area contributed by atoms with E-state index in [1.165, 1.54) is 45.2 Å². The van der Waals surface area contributed by atoms with Crippen LogP contribution in [-0.4, -0.2) is 70.1 Å². The van der Waals surface area contributed by atoms with Crippen LogP contribution in [0, 0.1) is 0 Å². The number of hydrogen-bond acceptors (Lipinski definition) is 6. The van der Waals surface area contributed by atoms with Gasteiger partial charge in [0, 0.05) is 68.0 Å². The van der Waals surface area contributed by atoms with E-state index in [-0.39, 0.29) is 0 Å². The molecule has 0 saturated carbocycles. The minimum absolute atomic E-state index is 0.329. The maximum Gasteiger partial charge on any atom is 0.0786 e. The zero-order chi connectivity index (χ0) is 26.4. The van der Waals surface area contributed by atoms with Gasteiger partial charge in [-0.2, -0.15) is 0 Å². The number of piperazine rings is 1. The first-order valence-corrected chi connectivity index (χ1v) is 15.0. The van der Waals surface area contributed by atoms with Gasteiger partial charge < -0.3 is 20.5 Å². The van der Waals surface area contributed by atoms with Crippen LogP contribution in [0.1, 0.15) is 55.1 Å². The number of nitrogens with zero attached hydrogens (tertiary/aromatic N) is 5. The summed E-state index contributed by atoms with van der Waals surface area (Å²) in [7, 11) is 0. The molecule has 1 aromatic carbocycles. The highest BCUT2D eigenvalue weighted by Crippen LogP contribution is 2.36. The van der Waals surface area contributed by atoms with Crippen molar-refractivity contribution in [1.82, 2.24) is 29.7 Å². The molecule has 1 saturated heterocycles. The number of aromatic nitrogens is 3. The van der Waals surface area contributed by atoms with Gasteiger partial charge in [-0.1, -0.05) is 24.3 Å². The molecule has 0 radical (unpaired) electrons. The van der Waals surface area contributed by atoms with Gasteiger partial charge in [-0.05, 0) is 81.9 Å². The Labute approximate surface area is 232 Å². The minimum Gasteiger partial charge on any atom is -0.339 e. The van der Waals surface area contributed by atoms with E-state index in [9.17, 15) is 0 Å².